The highest BCUT2D eigenvalue weighted by atomic mass is 16.6. The predicted molar refractivity (Wildman–Crippen MR) is 29.2 cm³/mol. The van der Waals surface area contributed by atoms with Gasteiger partial charge >= 0.3 is 0 Å². The Morgan fingerprint density at radius 3 is 2.57 bits per heavy atom. The van der Waals surface area contributed by atoms with Crippen LogP contribution in [-0.2, 0) is 4.84 Å². The van der Waals surface area contributed by atoms with E-state index < -0.39 is 0 Å². The fourth-order valence-corrected chi connectivity index (χ4v) is 0.155. The maximum absolute atomic E-state index is 4.68. The molecule has 0 aliphatic carbocycles. The average Bonchev–Trinajstić information content (AvgIpc) is 1.68. The molecule has 0 amide bonds. The molecule has 0 atom stereocenters. The van der Waals surface area contributed by atoms with Crippen LogP contribution >= 0.6 is 0 Å². The molecule has 2 N–H and O–H groups in total. The summed E-state index contributed by atoms with van der Waals surface area (Å²) in [6, 6.07) is 0. The Morgan fingerprint density at radius 1 is 1.86 bits per heavy atom. The normalized spacial score (nSPS) is 10.9. The highest BCUT2D eigenvalue weighted by molar-refractivity contribution is 5.09. The van der Waals surface area contributed by atoms with Crippen LogP contribution in [0.15, 0.2) is 24.5 Å². The SMILES string of the molecule is C=C/C(C)=C\ON. The maximum atomic E-state index is 4.68. The summed E-state index contributed by atoms with van der Waals surface area (Å²) >= 11 is 0. The Labute approximate surface area is 43.2 Å². The van der Waals surface area contributed by atoms with E-state index in [1.54, 1.807) is 6.08 Å². The van der Waals surface area contributed by atoms with Crippen LogP contribution in [0.2, 0.25) is 0 Å². The van der Waals surface area contributed by atoms with E-state index in [-0.39, 0.29) is 0 Å². The van der Waals surface area contributed by atoms with Gasteiger partial charge in [0.1, 0.15) is 6.26 Å². The number of nitrogens with two attached hydrogens (primary N) is 1. The molecule has 0 aromatic heterocycles. The Balaban J connectivity index is 3.49. The van der Waals surface area contributed by atoms with E-state index in [9.17, 15) is 0 Å². The third kappa shape index (κ3) is 3.06. The standard InChI is InChI=1S/C5H9NO/c1-3-5(2)4-7-6/h3-4H,1,6H2,2H3/b5-4-. The molecule has 0 bridgehead atoms. The van der Waals surface area contributed by atoms with Gasteiger partial charge in [-0.1, -0.05) is 12.7 Å². The van der Waals surface area contributed by atoms with E-state index in [4.69, 9.17) is 0 Å². The molecule has 0 saturated heterocycles. The molecular formula is C5H9NO. The first kappa shape index (κ1) is 6.24. The van der Waals surface area contributed by atoms with Gasteiger partial charge < -0.3 is 4.84 Å². The average molecular weight is 99.1 g/mol. The van der Waals surface area contributed by atoms with Crippen molar-refractivity contribution in [2.75, 3.05) is 0 Å². The minimum Gasteiger partial charge on any atom is -0.419 e. The summed E-state index contributed by atoms with van der Waals surface area (Å²) in [5.41, 5.74) is 0.919. The van der Waals surface area contributed by atoms with E-state index in [2.05, 4.69) is 17.3 Å². The highest BCUT2D eigenvalue weighted by Gasteiger charge is 1.72. The molecule has 40 valence electrons. The van der Waals surface area contributed by atoms with Gasteiger partial charge in [0.15, 0.2) is 0 Å². The molecule has 0 radical (unpaired) electrons. The number of hydrogen-bond acceptors (Lipinski definition) is 2. The lowest BCUT2D eigenvalue weighted by Gasteiger charge is -1.86. The first-order valence-corrected chi connectivity index (χ1v) is 1.96. The van der Waals surface area contributed by atoms with Crippen molar-refractivity contribution in [2.24, 2.45) is 5.90 Å². The Bertz CT molecular complexity index is 86.1. The number of allylic oxidation sites excluding steroid dienone is 2. The van der Waals surface area contributed by atoms with Crippen molar-refractivity contribution in [3.05, 3.63) is 24.5 Å². The van der Waals surface area contributed by atoms with Crippen LogP contribution in [-0.4, -0.2) is 0 Å². The monoisotopic (exact) mass is 99.1 g/mol. The fourth-order valence-electron chi connectivity index (χ4n) is 0.155. The molecule has 0 spiro atoms. The highest BCUT2D eigenvalue weighted by Crippen LogP contribution is 1.88. The van der Waals surface area contributed by atoms with Gasteiger partial charge in [-0.05, 0) is 12.5 Å². The van der Waals surface area contributed by atoms with Crippen molar-refractivity contribution in [2.45, 2.75) is 6.92 Å². The van der Waals surface area contributed by atoms with E-state index in [1.807, 2.05) is 6.92 Å². The maximum Gasteiger partial charge on any atom is 0.113 e. The molecule has 0 rings (SSSR count). The topological polar surface area (TPSA) is 35.2 Å². The van der Waals surface area contributed by atoms with Gasteiger partial charge in [0.25, 0.3) is 0 Å². The second kappa shape index (κ2) is 3.43. The second-order valence-corrected chi connectivity index (χ2v) is 1.20. The lowest BCUT2D eigenvalue weighted by molar-refractivity contribution is 0.259. The smallest absolute Gasteiger partial charge is 0.113 e. The molecule has 0 fully saturated rings. The van der Waals surface area contributed by atoms with Crippen LogP contribution < -0.4 is 5.90 Å². The Hall–Kier alpha value is -0.760. The van der Waals surface area contributed by atoms with Gasteiger partial charge in [0.2, 0.25) is 0 Å². The van der Waals surface area contributed by atoms with Gasteiger partial charge in [-0.2, -0.15) is 5.90 Å². The van der Waals surface area contributed by atoms with Crippen molar-refractivity contribution in [3.8, 4) is 0 Å². The molecular weight excluding hydrogens is 90.1 g/mol. The zero-order valence-electron chi connectivity index (χ0n) is 4.35. The van der Waals surface area contributed by atoms with Gasteiger partial charge in [-0.15, -0.1) is 0 Å². The fraction of sp³-hybridized carbons (Fsp3) is 0.200. The summed E-state index contributed by atoms with van der Waals surface area (Å²) in [6.45, 7) is 5.32. The summed E-state index contributed by atoms with van der Waals surface area (Å²) in [6.07, 6.45) is 3.08. The molecule has 2 nitrogen and oxygen atoms in total. The molecule has 0 aromatic carbocycles. The lowest BCUT2D eigenvalue weighted by atomic mass is 10.3. The summed E-state index contributed by atoms with van der Waals surface area (Å²) in [7, 11) is 0. The molecule has 0 aromatic rings. The van der Waals surface area contributed by atoms with E-state index in [0.29, 0.717) is 0 Å². The summed E-state index contributed by atoms with van der Waals surface area (Å²) in [4.78, 5) is 4.16. The van der Waals surface area contributed by atoms with Gasteiger partial charge in [-0.25, -0.2) is 0 Å². The first-order chi connectivity index (χ1) is 3.31. The summed E-state index contributed by atoms with van der Waals surface area (Å²) in [5, 5.41) is 0. The predicted octanol–water partition coefficient (Wildman–Crippen LogP) is 0.966. The summed E-state index contributed by atoms with van der Waals surface area (Å²) in [5.74, 6) is 4.68. The van der Waals surface area contributed by atoms with Gasteiger partial charge in [0, 0.05) is 0 Å². The lowest BCUT2D eigenvalue weighted by Crippen LogP contribution is -1.88. The molecule has 0 aliphatic heterocycles. The second-order valence-electron chi connectivity index (χ2n) is 1.20. The van der Waals surface area contributed by atoms with Crippen LogP contribution in [0.5, 0.6) is 0 Å². The molecule has 0 saturated carbocycles. The molecule has 2 heteroatoms. The molecule has 7 heavy (non-hydrogen) atoms. The van der Waals surface area contributed by atoms with Crippen LogP contribution in [0.3, 0.4) is 0 Å². The quantitative estimate of drug-likeness (QED) is 0.318. The largest absolute Gasteiger partial charge is 0.419 e. The van der Waals surface area contributed by atoms with E-state index in [0.717, 1.165) is 5.57 Å². The van der Waals surface area contributed by atoms with Crippen molar-refractivity contribution >= 4 is 0 Å². The van der Waals surface area contributed by atoms with Crippen LogP contribution in [0, 0.1) is 0 Å². The van der Waals surface area contributed by atoms with Crippen molar-refractivity contribution in [1.82, 2.24) is 0 Å². The van der Waals surface area contributed by atoms with E-state index >= 15 is 0 Å². The molecule has 0 unspecified atom stereocenters. The van der Waals surface area contributed by atoms with Gasteiger partial charge in [-0.3, -0.25) is 0 Å². The van der Waals surface area contributed by atoms with Crippen molar-refractivity contribution in [3.63, 3.8) is 0 Å². The van der Waals surface area contributed by atoms with Crippen molar-refractivity contribution < 1.29 is 4.84 Å². The first-order valence-electron chi connectivity index (χ1n) is 1.96. The van der Waals surface area contributed by atoms with Crippen molar-refractivity contribution in [1.29, 1.82) is 0 Å². The van der Waals surface area contributed by atoms with Crippen LogP contribution in [0.25, 0.3) is 0 Å². The minimum atomic E-state index is 0.919. The third-order valence-corrected chi connectivity index (χ3v) is 0.576. The Kier molecular flexibility index (Phi) is 3.06. The molecule has 0 heterocycles. The van der Waals surface area contributed by atoms with Crippen LogP contribution in [0.1, 0.15) is 6.92 Å². The number of rotatable bonds is 2. The number of hydrogen-bond donors (Lipinski definition) is 1. The third-order valence-electron chi connectivity index (χ3n) is 0.576. The molecule has 0 aliphatic rings. The van der Waals surface area contributed by atoms with E-state index in [1.165, 1.54) is 6.26 Å². The summed E-state index contributed by atoms with van der Waals surface area (Å²) < 4.78 is 0. The Morgan fingerprint density at radius 2 is 2.43 bits per heavy atom. The zero-order chi connectivity index (χ0) is 5.70. The minimum absolute atomic E-state index is 0.919. The van der Waals surface area contributed by atoms with Crippen LogP contribution in [0.4, 0.5) is 0 Å². The van der Waals surface area contributed by atoms with Gasteiger partial charge in [0.05, 0.1) is 0 Å². The zero-order valence-corrected chi connectivity index (χ0v) is 4.35.